The lowest BCUT2D eigenvalue weighted by Crippen LogP contribution is -2.36. The second kappa shape index (κ2) is 9.01. The van der Waals surface area contributed by atoms with Crippen LogP contribution in [0.15, 0.2) is 42.9 Å². The van der Waals surface area contributed by atoms with Crippen molar-refractivity contribution in [2.75, 3.05) is 6.54 Å². The Kier molecular flexibility index (Phi) is 6.20. The van der Waals surface area contributed by atoms with Crippen LogP contribution in [0.3, 0.4) is 0 Å². The highest BCUT2D eigenvalue weighted by atomic mass is 16.5. The Morgan fingerprint density at radius 2 is 2.00 bits per heavy atom. The van der Waals surface area contributed by atoms with E-state index in [9.17, 15) is 4.79 Å². The summed E-state index contributed by atoms with van der Waals surface area (Å²) in [6.45, 7) is 0.963. The maximum absolute atomic E-state index is 12.0. The normalized spacial score (nSPS) is 14.2. The maximum atomic E-state index is 12.0. The van der Waals surface area contributed by atoms with E-state index in [1.54, 1.807) is 12.4 Å². The van der Waals surface area contributed by atoms with Gasteiger partial charge in [-0.15, -0.1) is 0 Å². The summed E-state index contributed by atoms with van der Waals surface area (Å²) in [5.74, 6) is 0.630. The van der Waals surface area contributed by atoms with Crippen molar-refractivity contribution in [3.8, 4) is 5.88 Å². The molecule has 2 heterocycles. The molecule has 0 spiro atoms. The van der Waals surface area contributed by atoms with Crippen LogP contribution in [0, 0.1) is 0 Å². The predicted molar refractivity (Wildman–Crippen MR) is 95.3 cm³/mol. The van der Waals surface area contributed by atoms with Gasteiger partial charge in [0.15, 0.2) is 0 Å². The monoisotopic (exact) mass is 340 g/mol. The van der Waals surface area contributed by atoms with Crippen LogP contribution in [0.4, 0.5) is 4.79 Å². The van der Waals surface area contributed by atoms with E-state index in [0.29, 0.717) is 19.0 Å². The average molecular weight is 340 g/mol. The van der Waals surface area contributed by atoms with Gasteiger partial charge in [0.25, 0.3) is 0 Å². The topological polar surface area (TPSA) is 76.1 Å². The van der Waals surface area contributed by atoms with Crippen LogP contribution in [0.5, 0.6) is 5.88 Å². The minimum Gasteiger partial charge on any atom is -0.474 e. The van der Waals surface area contributed by atoms with E-state index in [0.717, 1.165) is 30.4 Å². The third-order valence-electron chi connectivity index (χ3n) is 4.29. The van der Waals surface area contributed by atoms with Crippen LogP contribution in [-0.2, 0) is 13.0 Å². The molecule has 6 heteroatoms. The molecule has 0 saturated heterocycles. The van der Waals surface area contributed by atoms with Gasteiger partial charge < -0.3 is 15.4 Å². The molecule has 0 aliphatic heterocycles. The summed E-state index contributed by atoms with van der Waals surface area (Å²) in [6, 6.07) is 7.49. The van der Waals surface area contributed by atoms with E-state index in [1.165, 1.54) is 12.8 Å². The van der Waals surface area contributed by atoms with Gasteiger partial charge in [-0.3, -0.25) is 4.98 Å². The Morgan fingerprint density at radius 1 is 1.16 bits per heavy atom. The minimum absolute atomic E-state index is 0.195. The Labute approximate surface area is 148 Å². The van der Waals surface area contributed by atoms with E-state index in [1.807, 2.05) is 30.5 Å². The van der Waals surface area contributed by atoms with Gasteiger partial charge in [-0.25, -0.2) is 9.78 Å². The number of hydrogen-bond donors (Lipinski definition) is 2. The summed E-state index contributed by atoms with van der Waals surface area (Å²) in [5, 5.41) is 5.72. The highest BCUT2D eigenvalue weighted by Gasteiger charge is 2.18. The van der Waals surface area contributed by atoms with E-state index in [2.05, 4.69) is 20.6 Å². The third-order valence-corrected chi connectivity index (χ3v) is 4.29. The van der Waals surface area contributed by atoms with Gasteiger partial charge in [-0.2, -0.15) is 0 Å². The molecule has 2 aromatic heterocycles. The predicted octanol–water partition coefficient (Wildman–Crippen LogP) is 2.84. The summed E-state index contributed by atoms with van der Waals surface area (Å²) in [4.78, 5) is 20.3. The number of ether oxygens (including phenoxy) is 1. The van der Waals surface area contributed by atoms with Crippen molar-refractivity contribution in [2.24, 2.45) is 0 Å². The molecule has 1 saturated carbocycles. The fraction of sp³-hybridized carbons (Fsp3) is 0.421. The van der Waals surface area contributed by atoms with Crippen LogP contribution >= 0.6 is 0 Å². The van der Waals surface area contributed by atoms with Crippen molar-refractivity contribution in [3.05, 3.63) is 54.0 Å². The third kappa shape index (κ3) is 5.45. The highest BCUT2D eigenvalue weighted by Crippen LogP contribution is 2.24. The molecule has 0 aromatic carbocycles. The minimum atomic E-state index is -0.195. The molecule has 0 unspecified atom stereocenters. The van der Waals surface area contributed by atoms with Crippen LogP contribution < -0.4 is 15.4 Å². The quantitative estimate of drug-likeness (QED) is 0.812. The van der Waals surface area contributed by atoms with Crippen LogP contribution in [0.2, 0.25) is 0 Å². The molecule has 0 bridgehead atoms. The van der Waals surface area contributed by atoms with Gasteiger partial charge in [-0.1, -0.05) is 12.1 Å². The Hall–Kier alpha value is -2.63. The molecule has 132 valence electrons. The van der Waals surface area contributed by atoms with E-state index in [-0.39, 0.29) is 12.1 Å². The van der Waals surface area contributed by atoms with E-state index in [4.69, 9.17) is 4.74 Å². The van der Waals surface area contributed by atoms with E-state index >= 15 is 0 Å². The first kappa shape index (κ1) is 17.2. The summed E-state index contributed by atoms with van der Waals surface area (Å²) in [5.41, 5.74) is 2.00. The largest absolute Gasteiger partial charge is 0.474 e. The van der Waals surface area contributed by atoms with Crippen LogP contribution in [0.25, 0.3) is 0 Å². The van der Waals surface area contributed by atoms with Crippen LogP contribution in [0.1, 0.15) is 36.8 Å². The van der Waals surface area contributed by atoms with Gasteiger partial charge in [0, 0.05) is 37.2 Å². The first-order valence-electron chi connectivity index (χ1n) is 8.82. The molecule has 6 nitrogen and oxygen atoms in total. The summed E-state index contributed by atoms with van der Waals surface area (Å²) < 4.78 is 5.99. The SMILES string of the molecule is O=C(NCCc1cccnc1)NCc1cccnc1OC1CCCC1. The zero-order valence-corrected chi connectivity index (χ0v) is 14.3. The number of nitrogens with one attached hydrogen (secondary N) is 2. The molecular formula is C19H24N4O2. The molecule has 1 aliphatic carbocycles. The number of hydrogen-bond acceptors (Lipinski definition) is 4. The van der Waals surface area contributed by atoms with Gasteiger partial charge in [0.2, 0.25) is 5.88 Å². The van der Waals surface area contributed by atoms with E-state index < -0.39 is 0 Å². The molecule has 1 aliphatic rings. The lowest BCUT2D eigenvalue weighted by molar-refractivity contribution is 0.198. The number of pyridine rings is 2. The molecule has 0 radical (unpaired) electrons. The smallest absolute Gasteiger partial charge is 0.315 e. The number of carbonyl (C=O) groups excluding carboxylic acids is 1. The summed E-state index contributed by atoms with van der Waals surface area (Å²) >= 11 is 0. The zero-order valence-electron chi connectivity index (χ0n) is 14.3. The second-order valence-corrected chi connectivity index (χ2v) is 6.21. The number of carbonyl (C=O) groups is 1. The van der Waals surface area contributed by atoms with Gasteiger partial charge in [0.05, 0.1) is 0 Å². The summed E-state index contributed by atoms with van der Waals surface area (Å²) in [6.07, 6.45) is 10.9. The number of aromatic nitrogens is 2. The van der Waals surface area contributed by atoms with Gasteiger partial charge in [-0.05, 0) is 49.8 Å². The van der Waals surface area contributed by atoms with Crippen molar-refractivity contribution in [1.29, 1.82) is 0 Å². The first-order valence-corrected chi connectivity index (χ1v) is 8.82. The molecule has 1 fully saturated rings. The fourth-order valence-corrected chi connectivity index (χ4v) is 2.93. The average Bonchev–Trinajstić information content (AvgIpc) is 3.15. The van der Waals surface area contributed by atoms with Gasteiger partial charge in [0.1, 0.15) is 6.10 Å². The van der Waals surface area contributed by atoms with Gasteiger partial charge >= 0.3 is 6.03 Å². The lowest BCUT2D eigenvalue weighted by Gasteiger charge is -2.15. The van der Waals surface area contributed by atoms with Crippen molar-refractivity contribution in [2.45, 2.75) is 44.8 Å². The summed E-state index contributed by atoms with van der Waals surface area (Å²) in [7, 11) is 0. The number of rotatable bonds is 7. The number of amides is 2. The molecule has 25 heavy (non-hydrogen) atoms. The molecule has 2 amide bonds. The number of urea groups is 1. The van der Waals surface area contributed by atoms with Crippen molar-refractivity contribution >= 4 is 6.03 Å². The maximum Gasteiger partial charge on any atom is 0.315 e. The van der Waals surface area contributed by atoms with Crippen molar-refractivity contribution < 1.29 is 9.53 Å². The molecule has 0 atom stereocenters. The molecule has 2 aromatic rings. The Morgan fingerprint density at radius 3 is 2.80 bits per heavy atom. The zero-order chi connectivity index (χ0) is 17.3. The standard InChI is InChI=1S/C19H24N4O2/c24-19(22-12-9-15-5-3-10-20-13-15)23-14-16-6-4-11-21-18(16)25-17-7-1-2-8-17/h3-6,10-11,13,17H,1-2,7-9,12,14H2,(H2,22,23,24). The Bertz CT molecular complexity index is 672. The van der Waals surface area contributed by atoms with Crippen molar-refractivity contribution in [3.63, 3.8) is 0 Å². The lowest BCUT2D eigenvalue weighted by atomic mass is 10.2. The second-order valence-electron chi connectivity index (χ2n) is 6.21. The fourth-order valence-electron chi connectivity index (χ4n) is 2.93. The first-order chi connectivity index (χ1) is 12.3. The Balaban J connectivity index is 1.43. The molecule has 3 rings (SSSR count). The number of nitrogens with zero attached hydrogens (tertiary/aromatic N) is 2. The highest BCUT2D eigenvalue weighted by molar-refractivity contribution is 5.73. The van der Waals surface area contributed by atoms with Crippen molar-refractivity contribution in [1.82, 2.24) is 20.6 Å². The molecule has 2 N–H and O–H groups in total. The van der Waals surface area contributed by atoms with Crippen LogP contribution in [-0.4, -0.2) is 28.6 Å². The molecular weight excluding hydrogens is 316 g/mol.